The van der Waals surface area contributed by atoms with E-state index in [-0.39, 0.29) is 33.8 Å². The molecule has 0 N–H and O–H groups in total. The molecule has 0 radical (unpaired) electrons. The highest BCUT2D eigenvalue weighted by molar-refractivity contribution is 7.00. The lowest BCUT2D eigenvalue weighted by atomic mass is 9.33. The fourth-order valence-corrected chi connectivity index (χ4v) is 13.4. The molecule has 78 heavy (non-hydrogen) atoms. The van der Waals surface area contributed by atoms with Crippen LogP contribution in [0.15, 0.2) is 186 Å². The van der Waals surface area contributed by atoms with Gasteiger partial charge >= 0.3 is 0 Å². The summed E-state index contributed by atoms with van der Waals surface area (Å²) in [4.78, 5) is 7.60. The van der Waals surface area contributed by atoms with E-state index in [0.29, 0.717) is 0 Å². The van der Waals surface area contributed by atoms with Gasteiger partial charge < -0.3 is 19.1 Å². The number of nitrogens with zero attached hydrogens (tertiary/aromatic N) is 3. The monoisotopic (exact) mass is 1020 g/mol. The fourth-order valence-electron chi connectivity index (χ4n) is 13.4. The van der Waals surface area contributed by atoms with Crippen molar-refractivity contribution in [2.75, 3.05) is 14.7 Å². The molecule has 388 valence electrons. The van der Waals surface area contributed by atoms with E-state index in [2.05, 4.69) is 294 Å². The lowest BCUT2D eigenvalue weighted by Crippen LogP contribution is -2.62. The molecule has 13 rings (SSSR count). The van der Waals surface area contributed by atoms with Crippen LogP contribution >= 0.6 is 0 Å². The number of benzene rings is 9. The number of aryl methyl sites for hydroxylation is 1. The molecule has 0 atom stereocenters. The Labute approximate surface area is 463 Å². The second-order valence-corrected chi connectivity index (χ2v) is 26.8. The van der Waals surface area contributed by atoms with Gasteiger partial charge in [-0.15, -0.1) is 0 Å². The zero-order valence-electron chi connectivity index (χ0n) is 48.1. The summed E-state index contributed by atoms with van der Waals surface area (Å²) in [6.45, 7) is 32.6. The van der Waals surface area contributed by atoms with Gasteiger partial charge in [-0.3, -0.25) is 0 Å². The Balaban J connectivity index is 1.12. The minimum Gasteiger partial charge on any atom is -0.454 e. The van der Waals surface area contributed by atoms with Gasteiger partial charge in [0.2, 0.25) is 0 Å². The summed E-state index contributed by atoms with van der Waals surface area (Å²) < 4.78 is 7.01. The van der Waals surface area contributed by atoms with Crippen LogP contribution in [0.1, 0.15) is 135 Å². The van der Waals surface area contributed by atoms with Gasteiger partial charge in [-0.25, -0.2) is 0 Å². The van der Waals surface area contributed by atoms with Crippen molar-refractivity contribution in [2.45, 2.75) is 124 Å². The number of para-hydroxylation sites is 2. The maximum atomic E-state index is 7.01. The molecule has 9 aromatic carbocycles. The highest BCUT2D eigenvalue weighted by Crippen LogP contribution is 2.54. The molecule has 3 aliphatic rings. The van der Waals surface area contributed by atoms with Crippen LogP contribution in [-0.2, 0) is 27.1 Å². The Bertz CT molecular complexity index is 3990. The Morgan fingerprint density at radius 3 is 1.47 bits per heavy atom. The number of anilines is 9. The normalized spacial score (nSPS) is 15.2. The number of hydrogen-bond acceptors (Lipinski definition) is 4. The summed E-state index contributed by atoms with van der Waals surface area (Å²) >= 11 is 0. The molecule has 0 saturated carbocycles. The van der Waals surface area contributed by atoms with Crippen LogP contribution in [0.2, 0.25) is 0 Å². The molecule has 0 amide bonds. The topological polar surface area (TPSA) is 22.9 Å². The van der Waals surface area contributed by atoms with E-state index in [1.807, 2.05) is 0 Å². The van der Waals surface area contributed by atoms with E-state index in [9.17, 15) is 0 Å². The van der Waals surface area contributed by atoms with Crippen molar-refractivity contribution in [3.8, 4) is 0 Å². The first-order valence-corrected chi connectivity index (χ1v) is 28.2. The second kappa shape index (κ2) is 17.1. The van der Waals surface area contributed by atoms with Crippen LogP contribution in [0, 0.1) is 6.92 Å². The quantitative estimate of drug-likeness (QED) is 0.160. The Morgan fingerprint density at radius 1 is 0.410 bits per heavy atom. The molecular weight excluding hydrogens is 946 g/mol. The van der Waals surface area contributed by atoms with Crippen molar-refractivity contribution in [3.63, 3.8) is 0 Å². The molecule has 1 aliphatic carbocycles. The van der Waals surface area contributed by atoms with Gasteiger partial charge in [0, 0.05) is 67.1 Å². The van der Waals surface area contributed by atoms with E-state index >= 15 is 0 Å². The summed E-state index contributed by atoms with van der Waals surface area (Å²) in [6.07, 6.45) is 0. The first-order chi connectivity index (χ1) is 37.0. The highest BCUT2D eigenvalue weighted by atomic mass is 16.3. The van der Waals surface area contributed by atoms with E-state index in [0.717, 1.165) is 50.4 Å². The Kier molecular flexibility index (Phi) is 10.9. The van der Waals surface area contributed by atoms with Crippen LogP contribution in [0.4, 0.5) is 51.2 Å². The standard InChI is InChI=1S/C73H72BN3O/c1-45-40-64-67-65(41-45)77(61-24-19-21-54-53-20-15-18-25-66(53)78-68(54)61)63-44-58-57(72(11,12)55-22-16-17-23-56(55)73(58,13)14)43-60(63)74(67)59-39-38-52(42-62(59)76(64)51-36-30-48(31-37-51)71(8,9)10)75(49-32-26-46(27-33-49)69(2,3)4)50-34-28-47(29-35-50)70(5,6)7/h15-44H,1-14H3. The number of furan rings is 1. The summed E-state index contributed by atoms with van der Waals surface area (Å²) in [5.74, 6) is 0. The molecule has 0 unspecified atom stereocenters. The third-order valence-corrected chi connectivity index (χ3v) is 17.8. The van der Waals surface area contributed by atoms with Gasteiger partial charge in [0.25, 0.3) is 6.71 Å². The van der Waals surface area contributed by atoms with Crippen molar-refractivity contribution in [1.29, 1.82) is 0 Å². The summed E-state index contributed by atoms with van der Waals surface area (Å²) in [6, 6.07) is 69.6. The zero-order chi connectivity index (χ0) is 54.6. The maximum Gasteiger partial charge on any atom is 0.252 e. The van der Waals surface area contributed by atoms with Crippen molar-refractivity contribution in [3.05, 3.63) is 226 Å². The molecule has 10 aromatic rings. The number of fused-ring (bicyclic) bond motifs is 9. The molecule has 3 heterocycles. The minimum absolute atomic E-state index is 0.00540. The molecule has 4 nitrogen and oxygen atoms in total. The fraction of sp³-hybridized carbons (Fsp3) is 0.260. The number of hydrogen-bond donors (Lipinski definition) is 0. The van der Waals surface area contributed by atoms with E-state index in [4.69, 9.17) is 4.42 Å². The van der Waals surface area contributed by atoms with Crippen LogP contribution in [-0.4, -0.2) is 6.71 Å². The second-order valence-electron chi connectivity index (χ2n) is 26.8. The predicted molar refractivity (Wildman–Crippen MR) is 334 cm³/mol. The molecule has 0 bridgehead atoms. The number of rotatable bonds is 5. The lowest BCUT2D eigenvalue weighted by Gasteiger charge is -2.48. The summed E-state index contributed by atoms with van der Waals surface area (Å²) in [5, 5.41) is 2.24. The predicted octanol–water partition coefficient (Wildman–Crippen LogP) is 18.3. The summed E-state index contributed by atoms with van der Waals surface area (Å²) in [7, 11) is 0. The van der Waals surface area contributed by atoms with Crippen molar-refractivity contribution < 1.29 is 4.42 Å². The largest absolute Gasteiger partial charge is 0.454 e. The molecular formula is C73H72BN3O. The van der Waals surface area contributed by atoms with Gasteiger partial charge in [0.1, 0.15) is 5.58 Å². The molecule has 0 fully saturated rings. The minimum atomic E-state index is -0.263. The van der Waals surface area contributed by atoms with Gasteiger partial charge in [0.15, 0.2) is 5.58 Å². The Hall–Kier alpha value is -7.76. The van der Waals surface area contributed by atoms with E-state index in [1.54, 1.807) is 0 Å². The molecule has 0 spiro atoms. The van der Waals surface area contributed by atoms with Crippen LogP contribution in [0.3, 0.4) is 0 Å². The van der Waals surface area contributed by atoms with Crippen molar-refractivity contribution in [2.24, 2.45) is 0 Å². The van der Waals surface area contributed by atoms with E-state index in [1.165, 1.54) is 83.6 Å². The van der Waals surface area contributed by atoms with Crippen LogP contribution in [0.25, 0.3) is 21.9 Å². The SMILES string of the molecule is Cc1cc2c3c(c1)N(c1cccc4c1oc1ccccc14)c1cc4c(cc1B3c1ccc(N(c3ccc(C(C)(C)C)cc3)c3ccc(C(C)(C)C)cc3)cc1N2c1ccc(C(C)(C)C)cc1)C(C)(C)c1ccccc1C4(C)C. The third kappa shape index (κ3) is 7.62. The first kappa shape index (κ1) is 49.8. The zero-order valence-corrected chi connectivity index (χ0v) is 48.1. The van der Waals surface area contributed by atoms with Gasteiger partial charge in [-0.1, -0.05) is 193 Å². The first-order valence-electron chi connectivity index (χ1n) is 28.2. The maximum absolute atomic E-state index is 7.01. The molecule has 5 heteroatoms. The third-order valence-electron chi connectivity index (χ3n) is 17.8. The van der Waals surface area contributed by atoms with Crippen LogP contribution in [0.5, 0.6) is 0 Å². The summed E-state index contributed by atoms with van der Waals surface area (Å²) in [5.41, 5.74) is 26.1. The Morgan fingerprint density at radius 2 is 0.897 bits per heavy atom. The highest BCUT2D eigenvalue weighted by Gasteiger charge is 2.48. The van der Waals surface area contributed by atoms with Crippen LogP contribution < -0.4 is 31.1 Å². The average molecular weight is 1020 g/mol. The van der Waals surface area contributed by atoms with E-state index < -0.39 is 0 Å². The van der Waals surface area contributed by atoms with Gasteiger partial charge in [-0.05, 0) is 163 Å². The molecule has 1 aromatic heterocycles. The molecule has 2 aliphatic heterocycles. The van der Waals surface area contributed by atoms with Gasteiger partial charge in [-0.2, -0.15) is 0 Å². The van der Waals surface area contributed by atoms with Gasteiger partial charge in [0.05, 0.1) is 5.69 Å². The van der Waals surface area contributed by atoms with Crippen molar-refractivity contribution >= 4 is 96.2 Å². The van der Waals surface area contributed by atoms with Crippen molar-refractivity contribution in [1.82, 2.24) is 0 Å². The molecule has 0 saturated heterocycles. The average Bonchev–Trinajstić information content (AvgIpc) is 3.13. The lowest BCUT2D eigenvalue weighted by molar-refractivity contribution is 0.521. The smallest absolute Gasteiger partial charge is 0.252 e.